The number of hydrogen-bond acceptors (Lipinski definition) is 4. The number of methoxy groups -OCH3 is 1. The van der Waals surface area contributed by atoms with E-state index in [0.29, 0.717) is 13.2 Å². The molecule has 18 heavy (non-hydrogen) atoms. The maximum atomic E-state index is 12.5. The van der Waals surface area contributed by atoms with Crippen molar-refractivity contribution in [2.24, 2.45) is 5.92 Å². The first-order valence-corrected chi connectivity index (χ1v) is 6.89. The van der Waals surface area contributed by atoms with Crippen LogP contribution in [0.2, 0.25) is 0 Å². The smallest absolute Gasteiger partial charge is 0.229 e. The van der Waals surface area contributed by atoms with Crippen molar-refractivity contribution in [3.05, 3.63) is 0 Å². The number of likely N-dealkylation sites (tertiary alicyclic amines) is 1. The minimum Gasteiger partial charge on any atom is -0.380 e. The summed E-state index contributed by atoms with van der Waals surface area (Å²) in [6, 6.07) is 0.172. The van der Waals surface area contributed by atoms with Crippen molar-refractivity contribution in [3.63, 3.8) is 0 Å². The normalized spacial score (nSPS) is 32.8. The number of ether oxygens (including phenoxy) is 2. The van der Waals surface area contributed by atoms with Gasteiger partial charge in [-0.15, -0.1) is 0 Å². The lowest BCUT2D eigenvalue weighted by molar-refractivity contribution is -0.139. The zero-order valence-electron chi connectivity index (χ0n) is 11.4. The molecule has 2 rings (SSSR count). The lowest BCUT2D eigenvalue weighted by Gasteiger charge is -2.34. The van der Waals surface area contributed by atoms with Gasteiger partial charge in [-0.2, -0.15) is 0 Å². The highest BCUT2D eigenvalue weighted by molar-refractivity contribution is 5.80. The standard InChI is InChI=1S/C13H24N2O3/c1-3-14-12-9-18-8-11(12)13(16)15-6-4-5-10(7-15)17-2/h10-12,14H,3-9H2,1-2H3. The molecule has 2 saturated heterocycles. The van der Waals surface area contributed by atoms with Crippen LogP contribution in [-0.4, -0.2) is 62.9 Å². The van der Waals surface area contributed by atoms with Crippen molar-refractivity contribution in [3.8, 4) is 0 Å². The van der Waals surface area contributed by atoms with E-state index in [-0.39, 0.29) is 24.0 Å². The van der Waals surface area contributed by atoms with Crippen molar-refractivity contribution >= 4 is 5.91 Å². The number of amides is 1. The summed E-state index contributed by atoms with van der Waals surface area (Å²) in [6.07, 6.45) is 2.28. The van der Waals surface area contributed by atoms with Crippen molar-refractivity contribution in [2.45, 2.75) is 31.9 Å². The second kappa shape index (κ2) is 6.50. The van der Waals surface area contributed by atoms with Gasteiger partial charge in [0.05, 0.1) is 25.2 Å². The lowest BCUT2D eigenvalue weighted by Crippen LogP contribution is -2.50. The van der Waals surface area contributed by atoms with Crippen molar-refractivity contribution in [1.29, 1.82) is 0 Å². The summed E-state index contributed by atoms with van der Waals surface area (Å²) in [5.74, 6) is 0.195. The van der Waals surface area contributed by atoms with Gasteiger partial charge < -0.3 is 19.7 Å². The molecule has 5 nitrogen and oxygen atoms in total. The second-order valence-electron chi connectivity index (χ2n) is 5.09. The fourth-order valence-corrected chi connectivity index (χ4v) is 2.83. The van der Waals surface area contributed by atoms with Crippen LogP contribution >= 0.6 is 0 Å². The molecular formula is C13H24N2O3. The highest BCUT2D eigenvalue weighted by atomic mass is 16.5. The average Bonchev–Trinajstić information content (AvgIpc) is 2.86. The fraction of sp³-hybridized carbons (Fsp3) is 0.923. The van der Waals surface area contributed by atoms with E-state index in [1.807, 2.05) is 4.90 Å². The van der Waals surface area contributed by atoms with E-state index in [4.69, 9.17) is 9.47 Å². The van der Waals surface area contributed by atoms with Gasteiger partial charge in [-0.3, -0.25) is 4.79 Å². The molecule has 3 atom stereocenters. The van der Waals surface area contributed by atoms with Crippen molar-refractivity contribution < 1.29 is 14.3 Å². The Balaban J connectivity index is 1.93. The molecule has 2 aliphatic heterocycles. The Morgan fingerprint density at radius 1 is 1.50 bits per heavy atom. The van der Waals surface area contributed by atoms with E-state index >= 15 is 0 Å². The Morgan fingerprint density at radius 3 is 3.06 bits per heavy atom. The maximum Gasteiger partial charge on any atom is 0.229 e. The highest BCUT2D eigenvalue weighted by Gasteiger charge is 2.37. The molecule has 0 aromatic rings. The van der Waals surface area contributed by atoms with Crippen LogP contribution in [0.1, 0.15) is 19.8 Å². The summed E-state index contributed by atoms with van der Waals surface area (Å²) >= 11 is 0. The third-order valence-corrected chi connectivity index (χ3v) is 3.89. The number of likely N-dealkylation sites (N-methyl/N-ethyl adjacent to an activating group) is 1. The zero-order valence-corrected chi connectivity index (χ0v) is 11.4. The van der Waals surface area contributed by atoms with Gasteiger partial charge in [0.1, 0.15) is 0 Å². The molecule has 0 aliphatic carbocycles. The van der Waals surface area contributed by atoms with Crippen molar-refractivity contribution in [1.82, 2.24) is 10.2 Å². The van der Waals surface area contributed by atoms with E-state index < -0.39 is 0 Å². The van der Waals surface area contributed by atoms with Crippen LogP contribution in [0, 0.1) is 5.92 Å². The molecule has 0 saturated carbocycles. The van der Waals surface area contributed by atoms with Crippen LogP contribution in [0.4, 0.5) is 0 Å². The first kappa shape index (κ1) is 13.8. The van der Waals surface area contributed by atoms with Gasteiger partial charge in [0.15, 0.2) is 0 Å². The van der Waals surface area contributed by atoms with E-state index in [2.05, 4.69) is 12.2 Å². The van der Waals surface area contributed by atoms with Gasteiger partial charge in [0.2, 0.25) is 5.91 Å². The van der Waals surface area contributed by atoms with Gasteiger partial charge in [-0.05, 0) is 19.4 Å². The summed E-state index contributed by atoms with van der Waals surface area (Å²) in [5.41, 5.74) is 0. The quantitative estimate of drug-likeness (QED) is 0.783. The van der Waals surface area contributed by atoms with Crippen molar-refractivity contribution in [2.75, 3.05) is 40.0 Å². The summed E-state index contributed by atoms with van der Waals surface area (Å²) < 4.78 is 10.8. The van der Waals surface area contributed by atoms with Gasteiger partial charge in [0.25, 0.3) is 0 Å². The zero-order chi connectivity index (χ0) is 13.0. The van der Waals surface area contributed by atoms with E-state index in [1.165, 1.54) is 0 Å². The van der Waals surface area contributed by atoms with Gasteiger partial charge in [-0.25, -0.2) is 0 Å². The van der Waals surface area contributed by atoms with Gasteiger partial charge in [-0.1, -0.05) is 6.92 Å². The summed E-state index contributed by atoms with van der Waals surface area (Å²) in [7, 11) is 1.72. The number of nitrogens with one attached hydrogen (secondary N) is 1. The monoisotopic (exact) mass is 256 g/mol. The molecule has 1 N–H and O–H groups in total. The molecule has 104 valence electrons. The predicted octanol–water partition coefficient (Wildman–Crippen LogP) is 0.248. The van der Waals surface area contributed by atoms with E-state index in [0.717, 1.165) is 32.5 Å². The van der Waals surface area contributed by atoms with Crippen LogP contribution in [0.25, 0.3) is 0 Å². The predicted molar refractivity (Wildman–Crippen MR) is 68.4 cm³/mol. The summed E-state index contributed by atoms with van der Waals surface area (Å²) in [6.45, 7) is 5.70. The van der Waals surface area contributed by atoms with E-state index in [1.54, 1.807) is 7.11 Å². The number of piperidine rings is 1. The molecule has 2 fully saturated rings. The summed E-state index contributed by atoms with van der Waals surface area (Å²) in [5, 5.41) is 3.34. The average molecular weight is 256 g/mol. The minimum absolute atomic E-state index is 0.0273. The molecule has 0 radical (unpaired) electrons. The minimum atomic E-state index is -0.0273. The number of carbonyl (C=O) groups is 1. The summed E-state index contributed by atoms with van der Waals surface area (Å²) in [4.78, 5) is 14.4. The molecular weight excluding hydrogens is 232 g/mol. The Kier molecular flexibility index (Phi) is 4.97. The molecule has 0 spiro atoms. The highest BCUT2D eigenvalue weighted by Crippen LogP contribution is 2.20. The van der Waals surface area contributed by atoms with Crippen LogP contribution in [-0.2, 0) is 14.3 Å². The Morgan fingerprint density at radius 2 is 2.33 bits per heavy atom. The second-order valence-corrected chi connectivity index (χ2v) is 5.09. The Hall–Kier alpha value is -0.650. The third-order valence-electron chi connectivity index (χ3n) is 3.89. The first-order chi connectivity index (χ1) is 8.76. The van der Waals surface area contributed by atoms with Gasteiger partial charge >= 0.3 is 0 Å². The number of carbonyl (C=O) groups excluding carboxylic acids is 1. The first-order valence-electron chi connectivity index (χ1n) is 6.89. The molecule has 1 amide bonds. The lowest BCUT2D eigenvalue weighted by atomic mass is 9.99. The molecule has 2 heterocycles. The topological polar surface area (TPSA) is 50.8 Å². The third kappa shape index (κ3) is 3.02. The Bertz CT molecular complexity index is 285. The fourth-order valence-electron chi connectivity index (χ4n) is 2.83. The number of rotatable bonds is 4. The number of nitrogens with zero attached hydrogens (tertiary/aromatic N) is 1. The molecule has 5 heteroatoms. The van der Waals surface area contributed by atoms with Crippen LogP contribution in [0.3, 0.4) is 0 Å². The van der Waals surface area contributed by atoms with Crippen LogP contribution in [0.15, 0.2) is 0 Å². The SMILES string of the molecule is CCNC1COCC1C(=O)N1CCCC(OC)C1. The van der Waals surface area contributed by atoms with E-state index in [9.17, 15) is 4.79 Å². The molecule has 0 aromatic carbocycles. The molecule has 3 unspecified atom stereocenters. The molecule has 0 aromatic heterocycles. The molecule has 2 aliphatic rings. The van der Waals surface area contributed by atoms with Crippen LogP contribution in [0.5, 0.6) is 0 Å². The number of hydrogen-bond donors (Lipinski definition) is 1. The van der Waals surface area contributed by atoms with Crippen LogP contribution < -0.4 is 5.32 Å². The molecule has 0 bridgehead atoms. The maximum absolute atomic E-state index is 12.5. The Labute approximate surface area is 109 Å². The van der Waals surface area contributed by atoms with Gasteiger partial charge in [0, 0.05) is 26.2 Å². The largest absolute Gasteiger partial charge is 0.380 e.